The number of hydrogen-bond donors (Lipinski definition) is 1. The highest BCUT2D eigenvalue weighted by Gasteiger charge is 2.21. The molecule has 1 N–H and O–H groups in total. The van der Waals surface area contributed by atoms with Crippen molar-refractivity contribution < 1.29 is 17.6 Å². The first-order valence-corrected chi connectivity index (χ1v) is 6.30. The maximum atomic E-state index is 12.1. The lowest BCUT2D eigenvalue weighted by molar-refractivity contribution is 0.315. The van der Waals surface area contributed by atoms with Crippen molar-refractivity contribution in [3.8, 4) is 0 Å². The number of rotatable bonds is 3. The van der Waals surface area contributed by atoms with Gasteiger partial charge in [-0.05, 0) is 22.4 Å². The standard InChI is InChI=1S/C9H6N4O4S/c14-18(15,13-8-4-5-16-11-8)7-3-1-2-6-9(7)12-17-10-6/h1-5H,(H,11,13). The zero-order chi connectivity index (χ0) is 12.6. The first kappa shape index (κ1) is 10.7. The molecule has 0 aliphatic heterocycles. The van der Waals surface area contributed by atoms with Crippen LogP contribution in [0.1, 0.15) is 0 Å². The maximum Gasteiger partial charge on any atom is 0.265 e. The van der Waals surface area contributed by atoms with Crippen molar-refractivity contribution in [1.82, 2.24) is 15.5 Å². The quantitative estimate of drug-likeness (QED) is 0.752. The van der Waals surface area contributed by atoms with Crippen LogP contribution in [0.15, 0.2) is 44.6 Å². The molecule has 0 aliphatic carbocycles. The molecular weight excluding hydrogens is 260 g/mol. The van der Waals surface area contributed by atoms with Crippen molar-refractivity contribution in [1.29, 1.82) is 0 Å². The minimum Gasteiger partial charge on any atom is -0.363 e. The van der Waals surface area contributed by atoms with Gasteiger partial charge in [0.25, 0.3) is 10.0 Å². The molecule has 0 saturated heterocycles. The lowest BCUT2D eigenvalue weighted by Crippen LogP contribution is -2.13. The highest BCUT2D eigenvalue weighted by atomic mass is 32.2. The van der Waals surface area contributed by atoms with E-state index in [1.54, 1.807) is 12.1 Å². The van der Waals surface area contributed by atoms with Gasteiger partial charge in [-0.15, -0.1) is 0 Å². The smallest absolute Gasteiger partial charge is 0.265 e. The Bertz CT molecular complexity index is 778. The van der Waals surface area contributed by atoms with Gasteiger partial charge in [-0.2, -0.15) is 0 Å². The van der Waals surface area contributed by atoms with Crippen molar-refractivity contribution in [3.63, 3.8) is 0 Å². The van der Waals surface area contributed by atoms with Crippen LogP contribution in [0, 0.1) is 0 Å². The molecule has 3 aromatic rings. The van der Waals surface area contributed by atoms with E-state index in [4.69, 9.17) is 0 Å². The summed E-state index contributed by atoms with van der Waals surface area (Å²) in [5.41, 5.74) is 0.520. The summed E-state index contributed by atoms with van der Waals surface area (Å²) in [6.07, 6.45) is 1.26. The minimum atomic E-state index is -3.81. The van der Waals surface area contributed by atoms with E-state index in [1.807, 2.05) is 0 Å². The van der Waals surface area contributed by atoms with E-state index in [2.05, 4.69) is 29.3 Å². The molecular formula is C9H6N4O4S. The van der Waals surface area contributed by atoms with Gasteiger partial charge in [0, 0.05) is 6.07 Å². The van der Waals surface area contributed by atoms with Crippen LogP contribution in [0.25, 0.3) is 11.0 Å². The minimum absolute atomic E-state index is 0.0377. The Morgan fingerprint density at radius 1 is 1.11 bits per heavy atom. The van der Waals surface area contributed by atoms with Gasteiger partial charge in [-0.25, -0.2) is 13.0 Å². The fourth-order valence-electron chi connectivity index (χ4n) is 1.46. The van der Waals surface area contributed by atoms with E-state index in [-0.39, 0.29) is 16.2 Å². The molecule has 2 aromatic heterocycles. The molecule has 0 amide bonds. The van der Waals surface area contributed by atoms with Crippen molar-refractivity contribution in [3.05, 3.63) is 30.5 Å². The van der Waals surface area contributed by atoms with Gasteiger partial charge in [0.05, 0.1) is 0 Å². The maximum absolute atomic E-state index is 12.1. The number of sulfonamides is 1. The molecule has 0 saturated carbocycles. The van der Waals surface area contributed by atoms with Crippen LogP contribution in [0.2, 0.25) is 0 Å². The van der Waals surface area contributed by atoms with Gasteiger partial charge in [-0.1, -0.05) is 11.2 Å². The molecule has 8 nitrogen and oxygen atoms in total. The molecule has 18 heavy (non-hydrogen) atoms. The number of fused-ring (bicyclic) bond motifs is 1. The van der Waals surface area contributed by atoms with Gasteiger partial charge in [-0.3, -0.25) is 4.72 Å². The highest BCUT2D eigenvalue weighted by molar-refractivity contribution is 7.93. The summed E-state index contributed by atoms with van der Waals surface area (Å²) in [7, 11) is -3.81. The van der Waals surface area contributed by atoms with Crippen LogP contribution >= 0.6 is 0 Å². The first-order chi connectivity index (χ1) is 8.67. The van der Waals surface area contributed by atoms with Crippen molar-refractivity contribution in [2.24, 2.45) is 0 Å². The molecule has 1 aromatic carbocycles. The second-order valence-electron chi connectivity index (χ2n) is 3.38. The number of nitrogens with zero attached hydrogens (tertiary/aromatic N) is 3. The van der Waals surface area contributed by atoms with E-state index in [9.17, 15) is 8.42 Å². The summed E-state index contributed by atoms with van der Waals surface area (Å²) in [5, 5.41) is 10.6. The molecule has 3 rings (SSSR count). The third-order valence-corrected chi connectivity index (χ3v) is 3.60. The van der Waals surface area contributed by atoms with E-state index in [0.29, 0.717) is 5.52 Å². The Labute approximate surface area is 101 Å². The normalized spacial score (nSPS) is 11.8. The number of nitrogens with one attached hydrogen (secondary N) is 1. The fraction of sp³-hybridized carbons (Fsp3) is 0. The number of hydrogen-bond acceptors (Lipinski definition) is 7. The average molecular weight is 266 g/mol. The van der Waals surface area contributed by atoms with Crippen LogP contribution in [0.5, 0.6) is 0 Å². The van der Waals surface area contributed by atoms with E-state index in [1.165, 1.54) is 18.4 Å². The second kappa shape index (κ2) is 3.81. The molecule has 2 heterocycles. The Balaban J connectivity index is 2.11. The van der Waals surface area contributed by atoms with Gasteiger partial charge in [0.1, 0.15) is 16.7 Å². The summed E-state index contributed by atoms with van der Waals surface area (Å²) >= 11 is 0. The Hall–Kier alpha value is -2.42. The predicted octanol–water partition coefficient (Wildman–Crippen LogP) is 1.01. The van der Waals surface area contributed by atoms with Crippen molar-refractivity contribution in [2.45, 2.75) is 4.90 Å². The molecule has 9 heteroatoms. The molecule has 0 unspecified atom stereocenters. The van der Waals surface area contributed by atoms with Crippen LogP contribution in [0.4, 0.5) is 5.82 Å². The van der Waals surface area contributed by atoms with Crippen molar-refractivity contribution in [2.75, 3.05) is 4.72 Å². The van der Waals surface area contributed by atoms with Gasteiger partial charge >= 0.3 is 0 Å². The first-order valence-electron chi connectivity index (χ1n) is 4.81. The van der Waals surface area contributed by atoms with Crippen LogP contribution in [-0.2, 0) is 10.0 Å². The van der Waals surface area contributed by atoms with Gasteiger partial charge < -0.3 is 4.52 Å². The lowest BCUT2D eigenvalue weighted by Gasteiger charge is -2.04. The predicted molar refractivity (Wildman–Crippen MR) is 59.1 cm³/mol. The summed E-state index contributed by atoms with van der Waals surface area (Å²) in [4.78, 5) is -0.0377. The van der Waals surface area contributed by atoms with E-state index < -0.39 is 10.0 Å². The molecule has 0 atom stereocenters. The zero-order valence-corrected chi connectivity index (χ0v) is 9.59. The van der Waals surface area contributed by atoms with Crippen LogP contribution in [-0.4, -0.2) is 23.9 Å². The Morgan fingerprint density at radius 2 is 2.00 bits per heavy atom. The fourth-order valence-corrected chi connectivity index (χ4v) is 2.60. The van der Waals surface area contributed by atoms with Crippen molar-refractivity contribution >= 4 is 26.9 Å². The number of aromatic nitrogens is 3. The largest absolute Gasteiger partial charge is 0.363 e. The molecule has 0 aliphatic rings. The number of anilines is 1. The van der Waals surface area contributed by atoms with Crippen LogP contribution in [0.3, 0.4) is 0 Å². The lowest BCUT2D eigenvalue weighted by atomic mass is 10.3. The monoisotopic (exact) mass is 266 g/mol. The molecule has 0 spiro atoms. The summed E-state index contributed by atoms with van der Waals surface area (Å²) < 4.78 is 35.5. The Morgan fingerprint density at radius 3 is 2.78 bits per heavy atom. The molecule has 92 valence electrons. The van der Waals surface area contributed by atoms with Crippen LogP contribution < -0.4 is 4.72 Å². The van der Waals surface area contributed by atoms with E-state index >= 15 is 0 Å². The average Bonchev–Trinajstić information content (AvgIpc) is 2.97. The summed E-state index contributed by atoms with van der Waals surface area (Å²) in [5.74, 6) is 0.0865. The van der Waals surface area contributed by atoms with Gasteiger partial charge in [0.2, 0.25) is 0 Å². The molecule has 0 fully saturated rings. The third kappa shape index (κ3) is 1.70. The molecule has 0 bridgehead atoms. The molecule has 0 radical (unpaired) electrons. The van der Waals surface area contributed by atoms with Gasteiger partial charge in [0.15, 0.2) is 11.3 Å². The third-order valence-electron chi connectivity index (χ3n) is 2.22. The topological polar surface area (TPSA) is 111 Å². The Kier molecular flexibility index (Phi) is 2.27. The van der Waals surface area contributed by atoms with E-state index in [0.717, 1.165) is 0 Å². The zero-order valence-electron chi connectivity index (χ0n) is 8.77. The summed E-state index contributed by atoms with van der Waals surface area (Å²) in [6, 6.07) is 5.93. The number of benzene rings is 1. The highest BCUT2D eigenvalue weighted by Crippen LogP contribution is 2.21. The SMILES string of the molecule is O=S(=O)(Nc1ccon1)c1cccc2nonc12. The second-order valence-corrected chi connectivity index (χ2v) is 5.03. The summed E-state index contributed by atoms with van der Waals surface area (Å²) in [6.45, 7) is 0.